The van der Waals surface area contributed by atoms with E-state index in [1.807, 2.05) is 59.5 Å². The zero-order valence-electron chi connectivity index (χ0n) is 18.4. The highest BCUT2D eigenvalue weighted by Crippen LogP contribution is 2.47. The van der Waals surface area contributed by atoms with E-state index < -0.39 is 0 Å². The quantitative estimate of drug-likeness (QED) is 0.266. The summed E-state index contributed by atoms with van der Waals surface area (Å²) >= 11 is 12.8. The summed E-state index contributed by atoms with van der Waals surface area (Å²) in [6, 6.07) is 27.0. The Bertz CT molecular complexity index is 1590. The van der Waals surface area contributed by atoms with E-state index in [0.29, 0.717) is 22.2 Å². The highest BCUT2D eigenvalue weighted by Gasteiger charge is 2.40. The molecule has 1 aliphatic heterocycles. The number of hydrogen-bond donors (Lipinski definition) is 1. The molecule has 4 aromatic carbocycles. The summed E-state index contributed by atoms with van der Waals surface area (Å²) in [6.45, 7) is 0.339. The smallest absolute Gasteiger partial charge is 0.255 e. The molecule has 172 valence electrons. The van der Waals surface area contributed by atoms with Gasteiger partial charge in [-0.1, -0.05) is 71.7 Å². The van der Waals surface area contributed by atoms with Gasteiger partial charge in [-0.05, 0) is 53.6 Å². The normalized spacial score (nSPS) is 15.1. The van der Waals surface area contributed by atoms with E-state index >= 15 is 0 Å². The van der Waals surface area contributed by atoms with Gasteiger partial charge in [0.2, 0.25) is 0 Å². The van der Waals surface area contributed by atoms with Crippen molar-refractivity contribution in [2.45, 2.75) is 12.6 Å². The van der Waals surface area contributed by atoms with E-state index in [-0.39, 0.29) is 17.8 Å². The molecule has 0 bridgehead atoms. The summed E-state index contributed by atoms with van der Waals surface area (Å²) in [5, 5.41) is 2.08. The zero-order chi connectivity index (χ0) is 24.1. The van der Waals surface area contributed by atoms with Crippen LogP contribution >= 0.6 is 23.2 Å². The molecule has 0 radical (unpaired) electrons. The van der Waals surface area contributed by atoms with Crippen molar-refractivity contribution < 1.29 is 9.18 Å². The maximum Gasteiger partial charge on any atom is 0.255 e. The monoisotopic (exact) mass is 500 g/mol. The van der Waals surface area contributed by atoms with Crippen LogP contribution in [0.2, 0.25) is 10.0 Å². The molecule has 6 heteroatoms. The molecule has 0 fully saturated rings. The number of nitrogens with zero attached hydrogens (tertiary/aromatic N) is 1. The van der Waals surface area contributed by atoms with Crippen LogP contribution in [0.5, 0.6) is 0 Å². The van der Waals surface area contributed by atoms with Gasteiger partial charge in [0.1, 0.15) is 5.82 Å². The molecule has 1 amide bonds. The summed E-state index contributed by atoms with van der Waals surface area (Å²) in [5.74, 6) is -0.369. The Morgan fingerprint density at radius 2 is 1.60 bits per heavy atom. The van der Waals surface area contributed by atoms with Crippen LogP contribution in [0.25, 0.3) is 22.2 Å². The zero-order valence-corrected chi connectivity index (χ0v) is 19.9. The fourth-order valence-corrected chi connectivity index (χ4v) is 5.49. The first-order valence-electron chi connectivity index (χ1n) is 11.2. The Kier molecular flexibility index (Phi) is 5.36. The number of rotatable bonds is 4. The third kappa shape index (κ3) is 3.70. The third-order valence-corrected chi connectivity index (χ3v) is 7.09. The molecular weight excluding hydrogens is 482 g/mol. The topological polar surface area (TPSA) is 36.1 Å². The van der Waals surface area contributed by atoms with E-state index in [2.05, 4.69) is 11.1 Å². The number of H-pyrrole nitrogens is 1. The molecule has 5 aromatic rings. The van der Waals surface area contributed by atoms with Gasteiger partial charge in [-0.3, -0.25) is 4.79 Å². The summed E-state index contributed by atoms with van der Waals surface area (Å²) in [6.07, 6.45) is 0. The number of aromatic nitrogens is 1. The maximum absolute atomic E-state index is 13.7. The summed E-state index contributed by atoms with van der Waals surface area (Å²) in [5.41, 5.74) is 6.00. The van der Waals surface area contributed by atoms with Gasteiger partial charge in [-0.2, -0.15) is 0 Å². The second-order valence-corrected chi connectivity index (χ2v) is 9.48. The average molecular weight is 501 g/mol. The van der Waals surface area contributed by atoms with Crippen molar-refractivity contribution in [3.63, 3.8) is 0 Å². The van der Waals surface area contributed by atoms with E-state index in [1.165, 1.54) is 12.1 Å². The van der Waals surface area contributed by atoms with E-state index in [9.17, 15) is 9.18 Å². The van der Waals surface area contributed by atoms with Crippen LogP contribution in [0, 0.1) is 5.82 Å². The third-order valence-electron chi connectivity index (χ3n) is 6.54. The fourth-order valence-electron chi connectivity index (χ4n) is 4.98. The number of halogens is 3. The molecule has 1 atom stereocenters. The number of amides is 1. The Morgan fingerprint density at radius 3 is 2.40 bits per heavy atom. The van der Waals surface area contributed by atoms with Crippen molar-refractivity contribution >= 4 is 40.0 Å². The molecule has 0 aliphatic carbocycles. The Hall–Kier alpha value is -3.60. The van der Waals surface area contributed by atoms with Crippen molar-refractivity contribution in [1.29, 1.82) is 0 Å². The number of aromatic amines is 1. The van der Waals surface area contributed by atoms with Crippen LogP contribution in [0.15, 0.2) is 91.0 Å². The predicted molar refractivity (Wildman–Crippen MR) is 138 cm³/mol. The van der Waals surface area contributed by atoms with E-state index in [0.717, 1.165) is 38.9 Å². The van der Waals surface area contributed by atoms with Crippen LogP contribution in [-0.2, 0) is 6.54 Å². The predicted octanol–water partition coefficient (Wildman–Crippen LogP) is 8.03. The summed E-state index contributed by atoms with van der Waals surface area (Å²) in [7, 11) is 0. The molecule has 0 unspecified atom stereocenters. The minimum absolute atomic E-state index is 0.0617. The van der Waals surface area contributed by atoms with E-state index in [4.69, 9.17) is 23.2 Å². The minimum Gasteiger partial charge on any atom is -0.354 e. The Labute approximate surface area is 211 Å². The number of nitrogens with one attached hydrogen (secondary N) is 1. The summed E-state index contributed by atoms with van der Waals surface area (Å²) in [4.78, 5) is 19.1. The van der Waals surface area contributed by atoms with Gasteiger partial charge in [-0.15, -0.1) is 0 Å². The van der Waals surface area contributed by atoms with Crippen molar-refractivity contribution in [3.05, 3.63) is 129 Å². The van der Waals surface area contributed by atoms with Gasteiger partial charge in [0, 0.05) is 39.2 Å². The minimum atomic E-state index is -0.360. The van der Waals surface area contributed by atoms with E-state index in [1.54, 1.807) is 18.2 Å². The van der Waals surface area contributed by atoms with Gasteiger partial charge < -0.3 is 9.88 Å². The molecule has 2 heterocycles. The largest absolute Gasteiger partial charge is 0.354 e. The Balaban J connectivity index is 1.60. The first kappa shape index (κ1) is 21.9. The molecule has 0 spiro atoms. The number of hydrogen-bond acceptors (Lipinski definition) is 1. The maximum atomic E-state index is 13.7. The van der Waals surface area contributed by atoms with Crippen molar-refractivity contribution in [2.75, 3.05) is 0 Å². The lowest BCUT2D eigenvalue weighted by Gasteiger charge is -2.27. The van der Waals surface area contributed by atoms with Crippen LogP contribution in [-0.4, -0.2) is 15.8 Å². The molecular formula is C29H19Cl2FN2O. The number of benzene rings is 4. The van der Waals surface area contributed by atoms with Gasteiger partial charge in [0.15, 0.2) is 0 Å². The lowest BCUT2D eigenvalue weighted by molar-refractivity contribution is 0.0737. The molecule has 0 saturated carbocycles. The second-order valence-electron chi connectivity index (χ2n) is 8.63. The fraction of sp³-hybridized carbons (Fsp3) is 0.0690. The first-order valence-corrected chi connectivity index (χ1v) is 12.0. The van der Waals surface area contributed by atoms with Crippen LogP contribution in [0.4, 0.5) is 4.39 Å². The molecule has 1 aromatic heterocycles. The number of fused-ring (bicyclic) bond motifs is 2. The molecule has 6 rings (SSSR count). The molecule has 1 aliphatic rings. The number of carbonyl (C=O) groups is 1. The van der Waals surface area contributed by atoms with Crippen LogP contribution < -0.4 is 0 Å². The molecule has 35 heavy (non-hydrogen) atoms. The van der Waals surface area contributed by atoms with Gasteiger partial charge >= 0.3 is 0 Å². The van der Waals surface area contributed by atoms with Crippen molar-refractivity contribution in [3.8, 4) is 11.3 Å². The molecule has 0 saturated heterocycles. The summed E-state index contributed by atoms with van der Waals surface area (Å²) < 4.78 is 13.6. The van der Waals surface area contributed by atoms with Gasteiger partial charge in [0.25, 0.3) is 5.91 Å². The number of para-hydroxylation sites is 1. The highest BCUT2D eigenvalue weighted by atomic mass is 35.5. The SMILES string of the molecule is O=C1c2ccccc2[C@H](c2c(-c3ccc(Cl)cc3Cl)[nH]c3ccccc23)N1Cc1ccc(F)cc1. The van der Waals surface area contributed by atoms with Crippen molar-refractivity contribution in [1.82, 2.24) is 9.88 Å². The van der Waals surface area contributed by atoms with Gasteiger partial charge in [0.05, 0.1) is 16.8 Å². The molecule has 3 nitrogen and oxygen atoms in total. The second kappa shape index (κ2) is 8.56. The lowest BCUT2D eigenvalue weighted by atomic mass is 9.93. The molecule has 1 N–H and O–H groups in total. The van der Waals surface area contributed by atoms with Gasteiger partial charge in [-0.25, -0.2) is 4.39 Å². The van der Waals surface area contributed by atoms with Crippen molar-refractivity contribution in [2.24, 2.45) is 0 Å². The highest BCUT2D eigenvalue weighted by molar-refractivity contribution is 6.36. The standard InChI is InChI=1S/C29H19Cl2FN2O/c30-18-11-14-22(24(31)15-18)27-26(23-7-3-4-8-25(23)33-27)28-20-5-1-2-6-21(20)29(35)34(28)16-17-9-12-19(32)13-10-17/h1-15,28,33H,16H2/t28-/m1/s1. The van der Waals surface area contributed by atoms with Crippen LogP contribution in [0.1, 0.15) is 33.1 Å². The van der Waals surface area contributed by atoms with Crippen LogP contribution in [0.3, 0.4) is 0 Å². The first-order chi connectivity index (χ1) is 17.0. The number of carbonyl (C=O) groups excluding carboxylic acids is 1. The Morgan fingerprint density at radius 1 is 0.857 bits per heavy atom. The lowest BCUT2D eigenvalue weighted by Crippen LogP contribution is -2.28. The average Bonchev–Trinajstić information content (AvgIpc) is 3.36.